The molecule has 0 fully saturated rings. The number of fused-ring (bicyclic) bond motifs is 1. The Morgan fingerprint density at radius 1 is 1.00 bits per heavy atom. The first-order chi connectivity index (χ1) is 8.63. The number of alkyl halides is 3. The van der Waals surface area contributed by atoms with Crippen molar-refractivity contribution in [2.24, 2.45) is 0 Å². The van der Waals surface area contributed by atoms with Gasteiger partial charge in [-0.1, -0.05) is 42.5 Å². The van der Waals surface area contributed by atoms with Gasteiger partial charge in [0.05, 0.1) is 0 Å². The van der Waals surface area contributed by atoms with E-state index in [9.17, 15) is 13.2 Å². The molecule has 2 aromatic carbocycles. The van der Waals surface area contributed by atoms with Crippen molar-refractivity contribution in [3.63, 3.8) is 0 Å². The molecule has 1 unspecified atom stereocenters. The Balaban J connectivity index is 0.000000203. The Morgan fingerprint density at radius 2 is 1.47 bits per heavy atom. The molecule has 3 nitrogen and oxygen atoms in total. The van der Waals surface area contributed by atoms with Crippen LogP contribution in [0, 0.1) is 0 Å². The topological polar surface area (TPSA) is 54.4 Å². The second-order valence-corrected chi connectivity index (χ2v) is 5.52. The molecule has 0 spiro atoms. The minimum absolute atomic E-state index is 1.27. The lowest BCUT2D eigenvalue weighted by atomic mass is 10.1. The molecule has 0 saturated heterocycles. The normalized spacial score (nSPS) is 11.8. The molecule has 0 aliphatic carbocycles. The van der Waals surface area contributed by atoms with Crippen LogP contribution in [0.2, 0.25) is 0 Å². The van der Waals surface area contributed by atoms with E-state index in [2.05, 4.69) is 51.7 Å². The molecule has 1 atom stereocenters. The van der Waals surface area contributed by atoms with Gasteiger partial charge in [-0.25, -0.2) is 0 Å². The number of rotatable bonds is 0. The van der Waals surface area contributed by atoms with E-state index in [0.29, 0.717) is 0 Å². The van der Waals surface area contributed by atoms with Crippen molar-refractivity contribution in [3.8, 4) is 0 Å². The molecule has 2 rings (SSSR count). The van der Waals surface area contributed by atoms with Crippen LogP contribution in [0.3, 0.4) is 0 Å². The molecular weight excluding hydrogens is 300 g/mol. The minimum atomic E-state index is -5.84. The molecule has 0 aliphatic rings. The second-order valence-electron chi connectivity index (χ2n) is 3.49. The lowest BCUT2D eigenvalue weighted by Gasteiger charge is -1.98. The Morgan fingerprint density at radius 3 is 1.95 bits per heavy atom. The molecule has 0 aliphatic heterocycles. The Labute approximate surface area is 110 Å². The molecule has 0 amide bonds. The lowest BCUT2D eigenvalue weighted by molar-refractivity contribution is -0.0510. The van der Waals surface area contributed by atoms with Gasteiger partial charge in [-0.3, -0.25) is 4.55 Å². The van der Waals surface area contributed by atoms with Crippen LogP contribution >= 0.6 is 9.24 Å². The molecule has 0 bridgehead atoms. The van der Waals surface area contributed by atoms with Crippen LogP contribution in [0.5, 0.6) is 0 Å². The van der Waals surface area contributed by atoms with Gasteiger partial charge in [-0.15, -0.1) is 9.24 Å². The van der Waals surface area contributed by atoms with Crippen LogP contribution in [-0.4, -0.2) is 18.5 Å². The van der Waals surface area contributed by atoms with Gasteiger partial charge in [0.25, 0.3) is 0 Å². The Bertz CT molecular complexity index is 663. The zero-order valence-corrected chi connectivity index (χ0v) is 11.4. The Kier molecular flexibility index (Phi) is 4.90. The van der Waals surface area contributed by atoms with Crippen molar-refractivity contribution in [2.45, 2.75) is 5.51 Å². The molecule has 19 heavy (non-hydrogen) atoms. The van der Waals surface area contributed by atoms with Gasteiger partial charge in [0.15, 0.2) is 0 Å². The average Bonchev–Trinajstić information content (AvgIpc) is 2.28. The van der Waals surface area contributed by atoms with E-state index in [-0.39, 0.29) is 0 Å². The summed E-state index contributed by atoms with van der Waals surface area (Å²) in [7, 11) is -3.10. The summed E-state index contributed by atoms with van der Waals surface area (Å²) in [6.45, 7) is 0. The minimum Gasteiger partial charge on any atom is -0.279 e. The highest BCUT2D eigenvalue weighted by molar-refractivity contribution is 7.86. The largest absolute Gasteiger partial charge is 0.522 e. The molecule has 0 heterocycles. The number of hydrogen-bond acceptors (Lipinski definition) is 2. The molecule has 0 radical (unpaired) electrons. The first-order valence-electron chi connectivity index (χ1n) is 4.90. The van der Waals surface area contributed by atoms with Crippen LogP contribution in [0.4, 0.5) is 13.2 Å². The van der Waals surface area contributed by atoms with Crippen molar-refractivity contribution in [2.75, 3.05) is 0 Å². The van der Waals surface area contributed by atoms with E-state index < -0.39 is 15.6 Å². The van der Waals surface area contributed by atoms with Gasteiger partial charge >= 0.3 is 15.6 Å². The highest BCUT2D eigenvalue weighted by Gasteiger charge is 2.44. The fourth-order valence-corrected chi connectivity index (χ4v) is 1.62. The third kappa shape index (κ3) is 4.45. The van der Waals surface area contributed by atoms with Gasteiger partial charge in [-0.2, -0.15) is 21.6 Å². The molecule has 2 aromatic rings. The van der Waals surface area contributed by atoms with Gasteiger partial charge in [0, 0.05) is 0 Å². The molecule has 8 heteroatoms. The van der Waals surface area contributed by atoms with E-state index in [1.54, 1.807) is 0 Å². The number of halogens is 3. The van der Waals surface area contributed by atoms with Crippen LogP contribution in [0.15, 0.2) is 42.5 Å². The first kappa shape index (κ1) is 15.9. The maximum atomic E-state index is 10.7. The summed E-state index contributed by atoms with van der Waals surface area (Å²) in [6, 6.07) is 14.7. The fourth-order valence-electron chi connectivity index (χ4n) is 1.25. The summed E-state index contributed by atoms with van der Waals surface area (Å²) >= 11 is 0. The zero-order chi connectivity index (χ0) is 14.7. The first-order valence-corrected chi connectivity index (χ1v) is 6.91. The molecule has 0 aromatic heterocycles. The van der Waals surface area contributed by atoms with Gasteiger partial charge in [0.1, 0.15) is 0 Å². The predicted octanol–water partition coefficient (Wildman–Crippen LogP) is 2.73. The highest BCUT2D eigenvalue weighted by Crippen LogP contribution is 2.20. The van der Waals surface area contributed by atoms with Gasteiger partial charge in [-0.05, 0) is 16.1 Å². The molecule has 0 saturated carbocycles. The highest BCUT2D eigenvalue weighted by atomic mass is 32.2. The van der Waals surface area contributed by atoms with Gasteiger partial charge < -0.3 is 0 Å². The lowest BCUT2D eigenvalue weighted by Crippen LogP contribution is -2.21. The van der Waals surface area contributed by atoms with E-state index in [4.69, 9.17) is 13.0 Å². The summed E-state index contributed by atoms with van der Waals surface area (Å²) in [5, 5.41) is 3.89. The molecule has 1 N–H and O–H groups in total. The average molecular weight is 310 g/mol. The summed E-state index contributed by atoms with van der Waals surface area (Å²) in [5.74, 6) is 0. The number of benzene rings is 2. The summed E-state index contributed by atoms with van der Waals surface area (Å²) in [6.07, 6.45) is 0. The van der Waals surface area contributed by atoms with E-state index in [1.165, 1.54) is 16.1 Å². The zero-order valence-electron chi connectivity index (χ0n) is 9.42. The van der Waals surface area contributed by atoms with Crippen molar-refractivity contribution in [1.29, 1.82) is 0 Å². The standard InChI is InChI=1S/C10H9P.CHF3O3S/c11-10-7-3-5-8-4-1-2-6-9(8)10;2-1(3,4)8(5,6)7/h1-7H,11H2;(H,5,6,7). The van der Waals surface area contributed by atoms with Crippen LogP contribution < -0.4 is 5.30 Å². The maximum Gasteiger partial charge on any atom is 0.522 e. The van der Waals surface area contributed by atoms with Crippen molar-refractivity contribution < 1.29 is 26.1 Å². The molecular formula is C11H10F3O3PS. The van der Waals surface area contributed by atoms with Crippen molar-refractivity contribution in [3.05, 3.63) is 42.5 Å². The predicted molar refractivity (Wildman–Crippen MR) is 70.9 cm³/mol. The van der Waals surface area contributed by atoms with Crippen molar-refractivity contribution in [1.82, 2.24) is 0 Å². The quantitative estimate of drug-likeness (QED) is 0.462. The van der Waals surface area contributed by atoms with E-state index >= 15 is 0 Å². The Hall–Kier alpha value is -1.17. The van der Waals surface area contributed by atoms with Crippen LogP contribution in [0.1, 0.15) is 0 Å². The third-order valence-corrected chi connectivity index (χ3v) is 3.20. The fraction of sp³-hybridized carbons (Fsp3) is 0.0909. The van der Waals surface area contributed by atoms with Crippen LogP contribution in [-0.2, 0) is 10.1 Å². The van der Waals surface area contributed by atoms with Crippen molar-refractivity contribution >= 4 is 35.4 Å². The SMILES string of the molecule is O=S(=O)(O)C(F)(F)F.Pc1cccc2ccccc12. The maximum absolute atomic E-state index is 10.7. The third-order valence-electron chi connectivity index (χ3n) is 2.12. The number of hydrogen-bond donors (Lipinski definition) is 1. The second kappa shape index (κ2) is 5.86. The summed E-state index contributed by atoms with van der Waals surface area (Å²) < 4.78 is 57.5. The summed E-state index contributed by atoms with van der Waals surface area (Å²) in [5.41, 5.74) is -5.53. The van der Waals surface area contributed by atoms with Crippen LogP contribution in [0.25, 0.3) is 10.8 Å². The van der Waals surface area contributed by atoms with Gasteiger partial charge in [0.2, 0.25) is 0 Å². The van der Waals surface area contributed by atoms with E-state index in [0.717, 1.165) is 0 Å². The smallest absolute Gasteiger partial charge is 0.279 e. The summed E-state index contributed by atoms with van der Waals surface area (Å²) in [4.78, 5) is 0. The molecule has 104 valence electrons. The van der Waals surface area contributed by atoms with E-state index in [1.807, 2.05) is 0 Å². The monoisotopic (exact) mass is 310 g/mol.